The number of pyridine rings is 1. The van der Waals surface area contributed by atoms with E-state index in [0.29, 0.717) is 0 Å². The van der Waals surface area contributed by atoms with Crippen molar-refractivity contribution in [3.8, 4) is 0 Å². The highest BCUT2D eigenvalue weighted by atomic mass is 32.2. The zero-order valence-corrected chi connectivity index (χ0v) is 14.8. The monoisotopic (exact) mass is 369 g/mol. The van der Waals surface area contributed by atoms with Crippen LogP contribution in [-0.4, -0.2) is 18.5 Å². The number of unbranched alkanes of at least 4 members (excludes halogenated alkanes) is 7. The molecule has 0 bridgehead atoms. The molecule has 8 heteroatoms. The number of alkyl halides is 3. The molecule has 0 unspecified atom stereocenters. The molecule has 1 heterocycles. The van der Waals surface area contributed by atoms with Crippen LogP contribution in [0.25, 0.3) is 0 Å². The molecule has 0 spiro atoms. The predicted octanol–water partition coefficient (Wildman–Crippen LogP) is 4.17. The number of rotatable bonds is 9. The fourth-order valence-electron chi connectivity index (χ4n) is 2.01. The Kier molecular flexibility index (Phi) is 11.7. The zero-order valence-electron chi connectivity index (χ0n) is 14.0. The van der Waals surface area contributed by atoms with E-state index in [0.717, 1.165) is 0 Å². The number of aromatic nitrogens is 1. The van der Waals surface area contributed by atoms with Gasteiger partial charge in [-0.3, -0.25) is 0 Å². The van der Waals surface area contributed by atoms with Crippen LogP contribution in [0.4, 0.5) is 13.2 Å². The van der Waals surface area contributed by atoms with E-state index >= 15 is 0 Å². The average Bonchev–Trinajstić information content (AvgIpc) is 2.50. The highest BCUT2D eigenvalue weighted by molar-refractivity contribution is 7.86. The van der Waals surface area contributed by atoms with Crippen molar-refractivity contribution in [2.45, 2.75) is 70.3 Å². The second-order valence-corrected chi connectivity index (χ2v) is 6.86. The number of aryl methyl sites for hydroxylation is 1. The maximum atomic E-state index is 10.7. The van der Waals surface area contributed by atoms with Gasteiger partial charge in [0.2, 0.25) is 0 Å². The summed E-state index contributed by atoms with van der Waals surface area (Å²) in [7, 11) is -6.09. The second kappa shape index (κ2) is 12.2. The maximum absolute atomic E-state index is 10.7. The summed E-state index contributed by atoms with van der Waals surface area (Å²) in [6, 6.07) is 6.28. The number of hydrogen-bond donors (Lipinski definition) is 0. The SMILES string of the molecule is CCCCCCCCCC[n+]1ccccc1.O=S(=O)([O-])C(F)(F)F. The summed E-state index contributed by atoms with van der Waals surface area (Å²) in [5, 5.41) is 0. The molecule has 0 radical (unpaired) electrons. The minimum Gasteiger partial charge on any atom is -0.741 e. The molecule has 1 aromatic rings. The molecule has 0 fully saturated rings. The molecular weight excluding hydrogens is 343 g/mol. The Balaban J connectivity index is 0.000000561. The Morgan fingerprint density at radius 2 is 1.29 bits per heavy atom. The van der Waals surface area contributed by atoms with E-state index < -0.39 is 15.6 Å². The van der Waals surface area contributed by atoms with Crippen LogP contribution >= 0.6 is 0 Å². The van der Waals surface area contributed by atoms with Gasteiger partial charge < -0.3 is 4.55 Å². The van der Waals surface area contributed by atoms with Gasteiger partial charge in [0.05, 0.1) is 0 Å². The van der Waals surface area contributed by atoms with Gasteiger partial charge in [-0.05, 0) is 6.42 Å². The van der Waals surface area contributed by atoms with E-state index in [9.17, 15) is 13.2 Å². The van der Waals surface area contributed by atoms with Gasteiger partial charge in [0.1, 0.15) is 6.54 Å². The summed E-state index contributed by atoms with van der Waals surface area (Å²) in [5.74, 6) is 0. The Morgan fingerprint density at radius 1 is 0.875 bits per heavy atom. The average molecular weight is 369 g/mol. The summed E-state index contributed by atoms with van der Waals surface area (Å²) in [6.45, 7) is 3.45. The molecule has 24 heavy (non-hydrogen) atoms. The van der Waals surface area contributed by atoms with Crippen molar-refractivity contribution >= 4 is 10.1 Å². The molecule has 0 saturated carbocycles. The van der Waals surface area contributed by atoms with E-state index in [-0.39, 0.29) is 0 Å². The van der Waals surface area contributed by atoms with Crippen molar-refractivity contribution in [2.24, 2.45) is 0 Å². The lowest BCUT2D eigenvalue weighted by atomic mass is 10.1. The van der Waals surface area contributed by atoms with Gasteiger partial charge in [0, 0.05) is 18.6 Å². The van der Waals surface area contributed by atoms with Gasteiger partial charge in [-0.1, -0.05) is 51.5 Å². The first kappa shape index (κ1) is 22.9. The third-order valence-corrected chi connectivity index (χ3v) is 3.90. The molecule has 1 rings (SSSR count). The largest absolute Gasteiger partial charge is 0.741 e. The van der Waals surface area contributed by atoms with Crippen LogP contribution in [0.3, 0.4) is 0 Å². The third kappa shape index (κ3) is 12.3. The standard InChI is InChI=1S/C15H26N.CHF3O3S/c1-2-3-4-5-6-7-8-10-13-16-14-11-9-12-15-16;2-1(3,4)8(5,6)7/h9,11-12,14-15H,2-8,10,13H2,1H3;(H,5,6,7)/q+1;/p-1. The van der Waals surface area contributed by atoms with Crippen LogP contribution in [-0.2, 0) is 16.7 Å². The molecule has 0 saturated heterocycles. The lowest BCUT2D eigenvalue weighted by Gasteiger charge is -2.08. The van der Waals surface area contributed by atoms with Crippen LogP contribution in [0, 0.1) is 0 Å². The van der Waals surface area contributed by atoms with E-state index in [1.807, 2.05) is 0 Å². The Labute approximate surface area is 142 Å². The molecule has 0 aromatic carbocycles. The van der Waals surface area contributed by atoms with Crippen LogP contribution in [0.2, 0.25) is 0 Å². The van der Waals surface area contributed by atoms with Gasteiger partial charge in [-0.15, -0.1) is 0 Å². The van der Waals surface area contributed by atoms with Crippen molar-refractivity contribution in [3.05, 3.63) is 30.6 Å². The summed E-state index contributed by atoms with van der Waals surface area (Å²) < 4.78 is 61.2. The zero-order chi connectivity index (χ0) is 18.5. The van der Waals surface area contributed by atoms with Crippen molar-refractivity contribution in [2.75, 3.05) is 0 Å². The summed E-state index contributed by atoms with van der Waals surface area (Å²) in [5.41, 5.74) is -5.65. The highest BCUT2D eigenvalue weighted by Gasteiger charge is 2.36. The minimum absolute atomic E-state index is 1.18. The van der Waals surface area contributed by atoms with Gasteiger partial charge in [0.15, 0.2) is 22.5 Å². The Hall–Kier alpha value is -1.15. The predicted molar refractivity (Wildman–Crippen MR) is 85.0 cm³/mol. The smallest absolute Gasteiger partial charge is 0.485 e. The molecule has 140 valence electrons. The molecule has 0 aliphatic rings. The third-order valence-electron chi connectivity index (χ3n) is 3.33. The molecule has 0 aliphatic heterocycles. The van der Waals surface area contributed by atoms with Crippen LogP contribution in [0.15, 0.2) is 30.6 Å². The van der Waals surface area contributed by atoms with Crippen LogP contribution in [0.1, 0.15) is 58.3 Å². The second-order valence-electron chi connectivity index (χ2n) is 5.49. The van der Waals surface area contributed by atoms with Gasteiger partial charge >= 0.3 is 5.51 Å². The first-order valence-corrected chi connectivity index (χ1v) is 9.55. The molecule has 0 aliphatic carbocycles. The van der Waals surface area contributed by atoms with Gasteiger partial charge in [0.25, 0.3) is 0 Å². The first-order chi connectivity index (χ1) is 11.2. The maximum Gasteiger partial charge on any atom is 0.485 e. The van der Waals surface area contributed by atoms with E-state index in [1.165, 1.54) is 57.9 Å². The molecule has 1 aromatic heterocycles. The summed E-state index contributed by atoms with van der Waals surface area (Å²) in [4.78, 5) is 0. The lowest BCUT2D eigenvalue weighted by molar-refractivity contribution is -0.697. The molecule has 0 N–H and O–H groups in total. The fourth-order valence-corrected chi connectivity index (χ4v) is 2.01. The number of hydrogen-bond acceptors (Lipinski definition) is 3. The van der Waals surface area contributed by atoms with Crippen molar-refractivity contribution < 1.29 is 30.7 Å². The van der Waals surface area contributed by atoms with Crippen LogP contribution in [0.5, 0.6) is 0 Å². The Bertz CT molecular complexity index is 519. The van der Waals surface area contributed by atoms with Gasteiger partial charge in [-0.2, -0.15) is 13.2 Å². The van der Waals surface area contributed by atoms with E-state index in [4.69, 9.17) is 13.0 Å². The fraction of sp³-hybridized carbons (Fsp3) is 0.688. The molecule has 0 amide bonds. The quantitative estimate of drug-likeness (QED) is 0.284. The topological polar surface area (TPSA) is 61.1 Å². The molecule has 0 atom stereocenters. The highest BCUT2D eigenvalue weighted by Crippen LogP contribution is 2.20. The molecular formula is C16H26F3NO3S. The summed E-state index contributed by atoms with van der Waals surface area (Å²) >= 11 is 0. The number of nitrogens with zero attached hydrogens (tertiary/aromatic N) is 1. The minimum atomic E-state index is -6.09. The van der Waals surface area contributed by atoms with E-state index in [2.05, 4.69) is 42.1 Å². The Morgan fingerprint density at radius 3 is 1.71 bits per heavy atom. The number of halogens is 3. The first-order valence-electron chi connectivity index (χ1n) is 8.14. The van der Waals surface area contributed by atoms with Crippen LogP contribution < -0.4 is 4.57 Å². The van der Waals surface area contributed by atoms with Crippen molar-refractivity contribution in [1.82, 2.24) is 0 Å². The van der Waals surface area contributed by atoms with Gasteiger partial charge in [-0.25, -0.2) is 13.0 Å². The van der Waals surface area contributed by atoms with Crippen molar-refractivity contribution in [3.63, 3.8) is 0 Å². The summed E-state index contributed by atoms with van der Waals surface area (Å²) in [6.07, 6.45) is 15.5. The normalized spacial score (nSPS) is 11.7. The van der Waals surface area contributed by atoms with Crippen molar-refractivity contribution in [1.29, 1.82) is 0 Å². The van der Waals surface area contributed by atoms with E-state index in [1.54, 1.807) is 0 Å². The molecule has 4 nitrogen and oxygen atoms in total. The lowest BCUT2D eigenvalue weighted by Crippen LogP contribution is -2.32.